The summed E-state index contributed by atoms with van der Waals surface area (Å²) in [5.74, 6) is -0.636. The van der Waals surface area contributed by atoms with E-state index in [4.69, 9.17) is 37.0 Å². The summed E-state index contributed by atoms with van der Waals surface area (Å²) >= 11 is 0. The Morgan fingerprint density at radius 1 is 0.345 bits per heavy atom. The van der Waals surface area contributed by atoms with Gasteiger partial charge in [-0.3, -0.25) is 37.3 Å². The molecule has 3 unspecified atom stereocenters. The largest absolute Gasteiger partial charge is 0.472 e. The van der Waals surface area contributed by atoms with Crippen LogP contribution in [0.1, 0.15) is 324 Å². The van der Waals surface area contributed by atoms with Crippen molar-refractivity contribution in [3.63, 3.8) is 0 Å². The van der Waals surface area contributed by atoms with Crippen LogP contribution in [0.4, 0.5) is 0 Å². The number of esters is 4. The molecular formula is C65H126O17P2. The predicted molar refractivity (Wildman–Crippen MR) is 335 cm³/mol. The molecule has 0 aromatic heterocycles. The van der Waals surface area contributed by atoms with Crippen LogP contribution in [0, 0.1) is 11.8 Å². The molecule has 3 N–H and O–H groups in total. The smallest absolute Gasteiger partial charge is 0.462 e. The highest BCUT2D eigenvalue weighted by atomic mass is 31.2. The third-order valence-electron chi connectivity index (χ3n) is 15.3. The van der Waals surface area contributed by atoms with E-state index in [2.05, 4.69) is 41.5 Å². The van der Waals surface area contributed by atoms with E-state index in [1.807, 2.05) is 0 Å². The lowest BCUT2D eigenvalue weighted by Gasteiger charge is -2.21. The molecule has 0 fully saturated rings. The molecule has 0 aromatic carbocycles. The zero-order valence-electron chi connectivity index (χ0n) is 54.2. The quantitative estimate of drug-likeness (QED) is 0.0222. The fraction of sp³-hybridized carbons (Fsp3) is 0.938. The van der Waals surface area contributed by atoms with Crippen LogP contribution < -0.4 is 0 Å². The number of hydrogen-bond donors (Lipinski definition) is 3. The maximum atomic E-state index is 13.0. The van der Waals surface area contributed by atoms with Gasteiger partial charge in [-0.2, -0.15) is 0 Å². The molecule has 0 aliphatic rings. The van der Waals surface area contributed by atoms with Crippen molar-refractivity contribution in [2.24, 2.45) is 11.8 Å². The van der Waals surface area contributed by atoms with Crippen LogP contribution in [0.5, 0.6) is 0 Å². The molecule has 0 bridgehead atoms. The van der Waals surface area contributed by atoms with Crippen molar-refractivity contribution in [3.8, 4) is 0 Å². The van der Waals surface area contributed by atoms with Crippen LogP contribution in [-0.2, 0) is 65.4 Å². The Hall–Kier alpha value is -1.94. The monoisotopic (exact) mass is 1240 g/mol. The molecule has 0 rings (SSSR count). The molecule has 6 atom stereocenters. The molecule has 0 spiro atoms. The third kappa shape index (κ3) is 57.8. The summed E-state index contributed by atoms with van der Waals surface area (Å²) in [4.78, 5) is 72.2. The summed E-state index contributed by atoms with van der Waals surface area (Å²) in [6.07, 6.45) is 40.3. The highest BCUT2D eigenvalue weighted by molar-refractivity contribution is 7.47. The molecule has 84 heavy (non-hydrogen) atoms. The van der Waals surface area contributed by atoms with E-state index < -0.39 is 97.5 Å². The fourth-order valence-corrected chi connectivity index (χ4v) is 11.3. The normalized spacial score (nSPS) is 14.6. The van der Waals surface area contributed by atoms with Crippen LogP contribution in [0.25, 0.3) is 0 Å². The predicted octanol–water partition coefficient (Wildman–Crippen LogP) is 18.0. The second kappa shape index (κ2) is 57.5. The zero-order chi connectivity index (χ0) is 62.2. The molecule has 0 aliphatic carbocycles. The Morgan fingerprint density at radius 3 is 0.905 bits per heavy atom. The lowest BCUT2D eigenvalue weighted by Crippen LogP contribution is -2.30. The van der Waals surface area contributed by atoms with Gasteiger partial charge >= 0.3 is 39.5 Å². The number of ether oxygens (including phenoxy) is 4. The minimum absolute atomic E-state index is 0.103. The van der Waals surface area contributed by atoms with E-state index >= 15 is 0 Å². The summed E-state index contributed by atoms with van der Waals surface area (Å²) in [7, 11) is -9.89. The van der Waals surface area contributed by atoms with Gasteiger partial charge in [0.1, 0.15) is 19.3 Å². The number of unbranched alkanes of at least 4 members (excludes halogenated alkanes) is 33. The van der Waals surface area contributed by atoms with Crippen molar-refractivity contribution in [1.82, 2.24) is 0 Å². The second-order valence-electron chi connectivity index (χ2n) is 24.2. The topological polar surface area (TPSA) is 237 Å². The minimum atomic E-state index is -4.95. The summed E-state index contributed by atoms with van der Waals surface area (Å²) in [6, 6.07) is 0. The Morgan fingerprint density at radius 2 is 0.607 bits per heavy atom. The molecular weight excluding hydrogens is 1110 g/mol. The number of hydrogen-bond acceptors (Lipinski definition) is 15. The van der Waals surface area contributed by atoms with Gasteiger partial charge in [0, 0.05) is 25.7 Å². The number of rotatable bonds is 64. The highest BCUT2D eigenvalue weighted by Crippen LogP contribution is 2.45. The molecule has 0 saturated carbocycles. The summed E-state index contributed by atoms with van der Waals surface area (Å²) in [5, 5.41) is 10.5. The summed E-state index contributed by atoms with van der Waals surface area (Å²) in [5.41, 5.74) is 0. The first kappa shape index (κ1) is 82.1. The van der Waals surface area contributed by atoms with E-state index in [0.717, 1.165) is 102 Å². The summed E-state index contributed by atoms with van der Waals surface area (Å²) < 4.78 is 68.0. The van der Waals surface area contributed by atoms with Crippen LogP contribution in [-0.4, -0.2) is 96.7 Å². The van der Waals surface area contributed by atoms with E-state index in [-0.39, 0.29) is 25.7 Å². The minimum Gasteiger partial charge on any atom is -0.462 e. The zero-order valence-corrected chi connectivity index (χ0v) is 56.0. The van der Waals surface area contributed by atoms with Gasteiger partial charge in [-0.15, -0.1) is 0 Å². The van der Waals surface area contributed by atoms with E-state index in [1.165, 1.54) is 135 Å². The maximum absolute atomic E-state index is 13.0. The van der Waals surface area contributed by atoms with Crippen molar-refractivity contribution < 1.29 is 80.2 Å². The van der Waals surface area contributed by atoms with Crippen molar-refractivity contribution >= 4 is 39.5 Å². The van der Waals surface area contributed by atoms with Crippen molar-refractivity contribution in [1.29, 1.82) is 0 Å². The van der Waals surface area contributed by atoms with Gasteiger partial charge in [0.2, 0.25) is 0 Å². The molecule has 0 aromatic rings. The molecule has 498 valence electrons. The number of phosphoric acid groups is 2. The SMILES string of the molecule is CCCCCCCCCCCCCCC(=O)OC[C@H](COP(=O)(O)OC[C@@H](O)COP(=O)(O)OC[C@@H](COC(=O)CCCCCCCCCC)OC(=O)CCCCCCCCCC(C)C)OC(=O)CCCCCCCCCCCCC(C)CC. The van der Waals surface area contributed by atoms with E-state index in [1.54, 1.807) is 0 Å². The highest BCUT2D eigenvalue weighted by Gasteiger charge is 2.30. The van der Waals surface area contributed by atoms with Crippen LogP contribution in [0.2, 0.25) is 0 Å². The van der Waals surface area contributed by atoms with Gasteiger partial charge < -0.3 is 33.8 Å². The van der Waals surface area contributed by atoms with Gasteiger partial charge in [0.25, 0.3) is 0 Å². The first-order valence-electron chi connectivity index (χ1n) is 34.0. The number of phosphoric ester groups is 2. The second-order valence-corrected chi connectivity index (χ2v) is 27.1. The van der Waals surface area contributed by atoms with Crippen molar-refractivity contribution in [2.75, 3.05) is 39.6 Å². The first-order valence-corrected chi connectivity index (χ1v) is 37.0. The third-order valence-corrected chi connectivity index (χ3v) is 17.2. The molecule has 0 amide bonds. The Kier molecular flexibility index (Phi) is 56.2. The van der Waals surface area contributed by atoms with E-state index in [0.29, 0.717) is 31.6 Å². The molecule has 0 radical (unpaired) electrons. The Bertz CT molecular complexity index is 1650. The van der Waals surface area contributed by atoms with Gasteiger partial charge in [-0.05, 0) is 37.5 Å². The Balaban J connectivity index is 5.23. The number of aliphatic hydroxyl groups is 1. The lowest BCUT2D eigenvalue weighted by atomic mass is 9.99. The van der Waals surface area contributed by atoms with Crippen LogP contribution in [0.15, 0.2) is 0 Å². The van der Waals surface area contributed by atoms with Gasteiger partial charge in [0.15, 0.2) is 12.2 Å². The van der Waals surface area contributed by atoms with Gasteiger partial charge in [0.05, 0.1) is 26.4 Å². The van der Waals surface area contributed by atoms with Gasteiger partial charge in [-0.1, -0.05) is 273 Å². The lowest BCUT2D eigenvalue weighted by molar-refractivity contribution is -0.161. The fourth-order valence-electron chi connectivity index (χ4n) is 9.68. The van der Waals surface area contributed by atoms with Crippen LogP contribution in [0.3, 0.4) is 0 Å². The van der Waals surface area contributed by atoms with E-state index in [9.17, 15) is 43.2 Å². The maximum Gasteiger partial charge on any atom is 0.472 e. The number of carbonyl (C=O) groups excluding carboxylic acids is 4. The number of carbonyl (C=O) groups is 4. The molecule has 17 nitrogen and oxygen atoms in total. The molecule has 19 heteroatoms. The average molecular weight is 1240 g/mol. The average Bonchev–Trinajstić information content (AvgIpc) is 3.48. The molecule has 0 heterocycles. The molecule has 0 aliphatic heterocycles. The number of aliphatic hydroxyl groups excluding tert-OH is 1. The van der Waals surface area contributed by atoms with Crippen molar-refractivity contribution in [2.45, 2.75) is 342 Å². The molecule has 0 saturated heterocycles. The van der Waals surface area contributed by atoms with Crippen molar-refractivity contribution in [3.05, 3.63) is 0 Å². The summed E-state index contributed by atoms with van der Waals surface area (Å²) in [6.45, 7) is 9.44. The Labute approximate surface area is 511 Å². The first-order chi connectivity index (χ1) is 40.4. The van der Waals surface area contributed by atoms with Crippen LogP contribution >= 0.6 is 15.6 Å². The van der Waals surface area contributed by atoms with Gasteiger partial charge in [-0.25, -0.2) is 9.13 Å². The standard InChI is InChI=1S/C65H126O17P2/c1-7-10-12-14-16-18-19-20-24-30-36-42-48-63(68)76-54-60(81-64(69)49-43-37-31-25-22-21-23-28-34-40-46-58(6)9-3)55-79-83(71,72)77-51-59(66)52-78-84(73,74)80-56-61(53-75-62(67)47-41-35-29-17-15-13-11-8-2)82-65(70)50-44-38-32-26-27-33-39-45-57(4)5/h57-61,66H,7-56H2,1-6H3,(H,71,72)(H,73,74)/t58?,59-,60-,61-/m1/s1.